The predicted octanol–water partition coefficient (Wildman–Crippen LogP) is 4.63. The Labute approximate surface area is 168 Å². The van der Waals surface area contributed by atoms with E-state index < -0.39 is 0 Å². The van der Waals surface area contributed by atoms with E-state index in [4.69, 9.17) is 14.2 Å². The average molecular weight is 401 g/mol. The highest BCUT2D eigenvalue weighted by Gasteiger charge is 2.15. The lowest BCUT2D eigenvalue weighted by Crippen LogP contribution is -2.20. The van der Waals surface area contributed by atoms with Gasteiger partial charge in [0.05, 0.1) is 18.9 Å². The highest BCUT2D eigenvalue weighted by molar-refractivity contribution is 7.22. The normalized spacial score (nSPS) is 11.3. The Balaban J connectivity index is 1.65. The van der Waals surface area contributed by atoms with Crippen molar-refractivity contribution in [3.05, 3.63) is 42.0 Å². The summed E-state index contributed by atoms with van der Waals surface area (Å²) in [5.41, 5.74) is 1.97. The zero-order valence-electron chi connectivity index (χ0n) is 16.7. The predicted molar refractivity (Wildman–Crippen MR) is 112 cm³/mol. The lowest BCUT2D eigenvalue weighted by Gasteiger charge is -2.19. The molecule has 0 aliphatic heterocycles. The van der Waals surface area contributed by atoms with Crippen LogP contribution < -0.4 is 19.5 Å². The number of nitrogens with one attached hydrogen (secondary N) is 1. The molecule has 1 aromatic heterocycles. The van der Waals surface area contributed by atoms with E-state index in [9.17, 15) is 4.79 Å². The van der Waals surface area contributed by atoms with Gasteiger partial charge < -0.3 is 14.2 Å². The Hall–Kier alpha value is -2.80. The first-order chi connectivity index (χ1) is 13.3. The highest BCUT2D eigenvalue weighted by Crippen LogP contribution is 2.36. The number of amides is 1. The summed E-state index contributed by atoms with van der Waals surface area (Å²) in [4.78, 5) is 16.7. The van der Waals surface area contributed by atoms with Gasteiger partial charge in [0.15, 0.2) is 11.7 Å². The standard InChI is InChI=1S/C21H24N2O4S/c1-21(2,3)13-6-8-14(9-7-13)27-12-18(24)22-20-23-19-16(26-5)10-15(25-4)11-17(19)28-20/h6-11H,12H2,1-5H3,(H,22,23,24). The monoisotopic (exact) mass is 400 g/mol. The first kappa shape index (κ1) is 19.9. The van der Waals surface area contributed by atoms with Crippen LogP contribution in [-0.2, 0) is 10.2 Å². The quantitative estimate of drug-likeness (QED) is 0.653. The third-order valence-electron chi connectivity index (χ3n) is 4.23. The molecule has 148 valence electrons. The van der Waals surface area contributed by atoms with Crippen molar-refractivity contribution in [2.75, 3.05) is 26.1 Å². The third-order valence-corrected chi connectivity index (χ3v) is 5.14. The van der Waals surface area contributed by atoms with Crippen LogP contribution in [0.5, 0.6) is 17.2 Å². The van der Waals surface area contributed by atoms with Crippen LogP contribution in [0.25, 0.3) is 10.2 Å². The van der Waals surface area contributed by atoms with Crippen LogP contribution in [0.1, 0.15) is 26.3 Å². The fourth-order valence-corrected chi connectivity index (χ4v) is 3.59. The first-order valence-corrected chi connectivity index (χ1v) is 9.67. The molecule has 6 nitrogen and oxygen atoms in total. The van der Waals surface area contributed by atoms with Gasteiger partial charge in [-0.05, 0) is 29.2 Å². The molecule has 0 atom stereocenters. The smallest absolute Gasteiger partial charge is 0.264 e. The van der Waals surface area contributed by atoms with Gasteiger partial charge in [0.1, 0.15) is 22.8 Å². The Kier molecular flexibility index (Phi) is 5.74. The topological polar surface area (TPSA) is 69.7 Å². The number of hydrogen-bond donors (Lipinski definition) is 1. The summed E-state index contributed by atoms with van der Waals surface area (Å²) in [6, 6.07) is 11.4. The van der Waals surface area contributed by atoms with Crippen LogP contribution in [0.2, 0.25) is 0 Å². The molecule has 1 heterocycles. The molecule has 0 saturated carbocycles. The molecule has 0 aliphatic carbocycles. The summed E-state index contributed by atoms with van der Waals surface area (Å²) in [5, 5.41) is 3.26. The second-order valence-electron chi connectivity index (χ2n) is 7.31. The summed E-state index contributed by atoms with van der Waals surface area (Å²) in [6.45, 7) is 6.36. The van der Waals surface area contributed by atoms with Crippen molar-refractivity contribution in [2.24, 2.45) is 0 Å². The van der Waals surface area contributed by atoms with Crippen molar-refractivity contribution in [1.82, 2.24) is 4.98 Å². The van der Waals surface area contributed by atoms with Gasteiger partial charge in [-0.25, -0.2) is 4.98 Å². The molecule has 3 rings (SSSR count). The lowest BCUT2D eigenvalue weighted by atomic mass is 9.87. The minimum absolute atomic E-state index is 0.0759. The highest BCUT2D eigenvalue weighted by atomic mass is 32.1. The van der Waals surface area contributed by atoms with E-state index in [0.29, 0.717) is 27.9 Å². The van der Waals surface area contributed by atoms with Crippen molar-refractivity contribution in [1.29, 1.82) is 0 Å². The maximum Gasteiger partial charge on any atom is 0.264 e. The largest absolute Gasteiger partial charge is 0.497 e. The summed E-state index contributed by atoms with van der Waals surface area (Å²) in [7, 11) is 3.17. The van der Waals surface area contributed by atoms with E-state index in [1.54, 1.807) is 20.3 Å². The van der Waals surface area contributed by atoms with E-state index >= 15 is 0 Å². The van der Waals surface area contributed by atoms with Crippen molar-refractivity contribution in [3.8, 4) is 17.2 Å². The fourth-order valence-electron chi connectivity index (χ4n) is 2.66. The second-order valence-corrected chi connectivity index (χ2v) is 8.34. The van der Waals surface area contributed by atoms with Gasteiger partial charge in [0.2, 0.25) is 0 Å². The number of aromatic nitrogens is 1. The van der Waals surface area contributed by atoms with E-state index in [0.717, 1.165) is 4.70 Å². The number of benzene rings is 2. The Morgan fingerprint density at radius 2 is 1.79 bits per heavy atom. The zero-order valence-corrected chi connectivity index (χ0v) is 17.5. The molecular weight excluding hydrogens is 376 g/mol. The molecule has 0 bridgehead atoms. The minimum Gasteiger partial charge on any atom is -0.497 e. The maximum absolute atomic E-state index is 12.2. The van der Waals surface area contributed by atoms with E-state index in [1.165, 1.54) is 16.9 Å². The molecule has 3 aromatic rings. The summed E-state index contributed by atoms with van der Waals surface area (Å²) in [6.07, 6.45) is 0. The van der Waals surface area contributed by atoms with Crippen LogP contribution in [0.4, 0.5) is 5.13 Å². The molecule has 0 fully saturated rings. The number of nitrogens with zero attached hydrogens (tertiary/aromatic N) is 1. The maximum atomic E-state index is 12.2. The molecule has 28 heavy (non-hydrogen) atoms. The van der Waals surface area contributed by atoms with Gasteiger partial charge in [-0.15, -0.1) is 0 Å². The molecule has 1 amide bonds. The van der Waals surface area contributed by atoms with E-state index in [1.807, 2.05) is 30.3 Å². The van der Waals surface area contributed by atoms with Gasteiger partial charge in [0.25, 0.3) is 5.91 Å². The number of ether oxygens (including phenoxy) is 3. The molecule has 7 heteroatoms. The van der Waals surface area contributed by atoms with Crippen LogP contribution in [0, 0.1) is 0 Å². The van der Waals surface area contributed by atoms with Crippen molar-refractivity contribution in [3.63, 3.8) is 0 Å². The van der Waals surface area contributed by atoms with Gasteiger partial charge in [-0.2, -0.15) is 0 Å². The molecule has 0 unspecified atom stereocenters. The number of fused-ring (bicyclic) bond motifs is 1. The summed E-state index contributed by atoms with van der Waals surface area (Å²) in [5.74, 6) is 1.65. The number of anilines is 1. The van der Waals surface area contributed by atoms with Crippen molar-refractivity contribution in [2.45, 2.75) is 26.2 Å². The first-order valence-electron chi connectivity index (χ1n) is 8.86. The molecule has 0 aliphatic rings. The number of thiazole rings is 1. The minimum atomic E-state index is -0.273. The van der Waals surface area contributed by atoms with E-state index in [-0.39, 0.29) is 17.9 Å². The van der Waals surface area contributed by atoms with Crippen LogP contribution >= 0.6 is 11.3 Å². The lowest BCUT2D eigenvalue weighted by molar-refractivity contribution is -0.118. The van der Waals surface area contributed by atoms with Crippen LogP contribution in [0.3, 0.4) is 0 Å². The number of carbonyl (C=O) groups excluding carboxylic acids is 1. The van der Waals surface area contributed by atoms with Crippen LogP contribution in [0.15, 0.2) is 36.4 Å². The van der Waals surface area contributed by atoms with Crippen molar-refractivity contribution >= 4 is 32.6 Å². The number of carbonyl (C=O) groups is 1. The van der Waals surface area contributed by atoms with Crippen molar-refractivity contribution < 1.29 is 19.0 Å². The van der Waals surface area contributed by atoms with E-state index in [2.05, 4.69) is 31.1 Å². The Morgan fingerprint density at radius 3 is 2.39 bits per heavy atom. The van der Waals surface area contributed by atoms with Gasteiger partial charge in [-0.1, -0.05) is 44.2 Å². The molecular formula is C21H24N2O4S. The Morgan fingerprint density at radius 1 is 1.07 bits per heavy atom. The van der Waals surface area contributed by atoms with Gasteiger partial charge >= 0.3 is 0 Å². The SMILES string of the molecule is COc1cc(OC)c2nc(NC(=O)COc3ccc(C(C)(C)C)cc3)sc2c1. The molecule has 2 aromatic carbocycles. The average Bonchev–Trinajstić information content (AvgIpc) is 3.07. The number of methoxy groups -OCH3 is 2. The Bertz CT molecular complexity index is 974. The molecule has 0 saturated heterocycles. The second kappa shape index (κ2) is 8.06. The zero-order chi connectivity index (χ0) is 20.3. The molecule has 1 N–H and O–H groups in total. The van der Waals surface area contributed by atoms with Crippen LogP contribution in [-0.4, -0.2) is 31.7 Å². The molecule has 0 spiro atoms. The molecule has 0 radical (unpaired) electrons. The fraction of sp³-hybridized carbons (Fsp3) is 0.333. The van der Waals surface area contributed by atoms with Gasteiger partial charge in [0, 0.05) is 6.07 Å². The summed E-state index contributed by atoms with van der Waals surface area (Å²) < 4.78 is 17.1. The van der Waals surface area contributed by atoms with Gasteiger partial charge in [-0.3, -0.25) is 10.1 Å². The number of hydrogen-bond acceptors (Lipinski definition) is 6. The third kappa shape index (κ3) is 4.54. The number of rotatable bonds is 6. The summed E-state index contributed by atoms with van der Waals surface area (Å²) >= 11 is 1.35.